The minimum absolute atomic E-state index is 0.0145. The molecule has 0 aromatic rings. The van der Waals surface area contributed by atoms with Gasteiger partial charge in [0.15, 0.2) is 11.6 Å². The molecule has 2 heterocycles. The Morgan fingerprint density at radius 3 is 2.07 bits per heavy atom. The Balaban J connectivity index is 2.02. The number of Topliss-reactive ketones (excluding diaryl/α,β-unsaturated/α-hetero) is 2. The summed E-state index contributed by atoms with van der Waals surface area (Å²) in [5, 5.41) is 0. The van der Waals surface area contributed by atoms with Crippen LogP contribution in [0.1, 0.15) is 0 Å². The third-order valence-corrected chi connectivity index (χ3v) is 3.48. The van der Waals surface area contributed by atoms with Crippen molar-refractivity contribution in [3.05, 3.63) is 12.2 Å². The Kier molecular flexibility index (Phi) is 1.50. The molecule has 2 bridgehead atoms. The molecule has 2 fully saturated rings. The first kappa shape index (κ1) is 8.32. The van der Waals surface area contributed by atoms with Crippen LogP contribution in [0.2, 0.25) is 0 Å². The Morgan fingerprint density at radius 2 is 1.64 bits per heavy atom. The number of carbonyl (C=O) groups is 2. The molecule has 1 saturated carbocycles. The lowest BCUT2D eigenvalue weighted by atomic mass is 9.85. The van der Waals surface area contributed by atoms with Gasteiger partial charge in [-0.2, -0.15) is 0 Å². The molecule has 2 aliphatic heterocycles. The fourth-order valence-electron chi connectivity index (χ4n) is 2.82. The maximum atomic E-state index is 11.8. The molecular weight excluding hydrogens is 182 g/mol. The lowest BCUT2D eigenvalue weighted by molar-refractivity contribution is -0.130. The van der Waals surface area contributed by atoms with Crippen LogP contribution in [-0.2, 0) is 14.3 Å². The van der Waals surface area contributed by atoms with Crippen LogP contribution in [0.5, 0.6) is 0 Å². The number of hydrogen-bond acceptors (Lipinski definition) is 4. The van der Waals surface area contributed by atoms with Gasteiger partial charge < -0.3 is 10.5 Å². The molecule has 4 unspecified atom stereocenters. The van der Waals surface area contributed by atoms with E-state index in [1.54, 1.807) is 0 Å². The van der Waals surface area contributed by atoms with E-state index in [2.05, 4.69) is 0 Å². The van der Waals surface area contributed by atoms with Gasteiger partial charge in [-0.25, -0.2) is 0 Å². The highest BCUT2D eigenvalue weighted by molar-refractivity contribution is 6.13. The molecule has 4 nitrogen and oxygen atoms in total. The van der Waals surface area contributed by atoms with Crippen molar-refractivity contribution in [2.45, 2.75) is 12.2 Å². The molecule has 0 amide bonds. The van der Waals surface area contributed by atoms with Crippen molar-refractivity contribution in [1.29, 1.82) is 0 Å². The maximum absolute atomic E-state index is 11.8. The third kappa shape index (κ3) is 0.762. The van der Waals surface area contributed by atoms with Gasteiger partial charge in [-0.15, -0.1) is 0 Å². The Labute approximate surface area is 81.1 Å². The van der Waals surface area contributed by atoms with Gasteiger partial charge >= 0.3 is 0 Å². The van der Waals surface area contributed by atoms with Crippen LogP contribution >= 0.6 is 0 Å². The summed E-state index contributed by atoms with van der Waals surface area (Å²) in [4.78, 5) is 23.6. The Morgan fingerprint density at radius 1 is 1.14 bits per heavy atom. The van der Waals surface area contributed by atoms with Gasteiger partial charge in [-0.3, -0.25) is 9.59 Å². The van der Waals surface area contributed by atoms with Crippen LogP contribution in [0.25, 0.3) is 0 Å². The summed E-state index contributed by atoms with van der Waals surface area (Å²) in [6.45, 7) is 0.143. The number of ether oxygens (including phenoxy) is 1. The highest BCUT2D eigenvalue weighted by atomic mass is 16.5. The number of carbonyl (C=O) groups excluding carboxylic acids is 2. The quantitative estimate of drug-likeness (QED) is 0.441. The molecule has 1 aliphatic carbocycles. The lowest BCUT2D eigenvalue weighted by Crippen LogP contribution is -2.29. The third-order valence-electron chi connectivity index (χ3n) is 3.48. The minimum atomic E-state index is -0.571. The lowest BCUT2D eigenvalue weighted by Gasteiger charge is -2.12. The van der Waals surface area contributed by atoms with Crippen molar-refractivity contribution in [2.75, 3.05) is 6.54 Å². The molecule has 14 heavy (non-hydrogen) atoms. The normalized spacial score (nSPS) is 49.1. The van der Waals surface area contributed by atoms with Gasteiger partial charge in [-0.1, -0.05) is 12.2 Å². The smallest absolute Gasteiger partial charge is 0.151 e. The van der Waals surface area contributed by atoms with Gasteiger partial charge in [0.25, 0.3) is 0 Å². The summed E-state index contributed by atoms with van der Waals surface area (Å²) in [7, 11) is 0. The highest BCUT2D eigenvalue weighted by Crippen LogP contribution is 2.46. The number of nitrogens with two attached hydrogens (primary N) is 1. The summed E-state index contributed by atoms with van der Waals surface area (Å²) in [6.07, 6.45) is 3.43. The van der Waals surface area contributed by atoms with Crippen LogP contribution in [-0.4, -0.2) is 30.3 Å². The first-order chi connectivity index (χ1) is 6.74. The maximum Gasteiger partial charge on any atom is 0.151 e. The van der Waals surface area contributed by atoms with Gasteiger partial charge in [0.2, 0.25) is 0 Å². The molecular formula is C10H11NO3. The molecule has 2 N–H and O–H groups in total. The molecule has 0 spiro atoms. The van der Waals surface area contributed by atoms with Gasteiger partial charge in [-0.05, 0) is 0 Å². The van der Waals surface area contributed by atoms with Crippen molar-refractivity contribution in [2.24, 2.45) is 23.5 Å². The van der Waals surface area contributed by atoms with Gasteiger partial charge in [0.05, 0.1) is 30.0 Å². The van der Waals surface area contributed by atoms with Crippen molar-refractivity contribution < 1.29 is 14.3 Å². The van der Waals surface area contributed by atoms with E-state index < -0.39 is 5.92 Å². The summed E-state index contributed by atoms with van der Waals surface area (Å²) < 4.78 is 5.48. The standard InChI is InChI=1S/C10H11NO3/c11-3-4-9(12)7-5-1-2-6(14-5)8(7)10(4)13/h1-2,4-8H,3,11H2. The Bertz CT molecular complexity index is 319. The zero-order valence-electron chi connectivity index (χ0n) is 7.55. The van der Waals surface area contributed by atoms with Gasteiger partial charge in [0.1, 0.15) is 0 Å². The van der Waals surface area contributed by atoms with Crippen molar-refractivity contribution in [3.8, 4) is 0 Å². The molecule has 0 aromatic heterocycles. The van der Waals surface area contributed by atoms with Crippen LogP contribution in [0.3, 0.4) is 0 Å². The van der Waals surface area contributed by atoms with E-state index in [1.165, 1.54) is 0 Å². The van der Waals surface area contributed by atoms with Crippen LogP contribution < -0.4 is 5.73 Å². The summed E-state index contributed by atoms with van der Waals surface area (Å²) in [6, 6.07) is 0. The largest absolute Gasteiger partial charge is 0.365 e. The monoisotopic (exact) mass is 193 g/mol. The number of rotatable bonds is 1. The summed E-state index contributed by atoms with van der Waals surface area (Å²) in [5.74, 6) is -1.09. The van der Waals surface area contributed by atoms with Crippen LogP contribution in [0, 0.1) is 17.8 Å². The van der Waals surface area contributed by atoms with Gasteiger partial charge in [0, 0.05) is 6.54 Å². The van der Waals surface area contributed by atoms with E-state index in [-0.39, 0.29) is 42.2 Å². The van der Waals surface area contributed by atoms with E-state index in [4.69, 9.17) is 10.5 Å². The average Bonchev–Trinajstić information content (AvgIpc) is 2.80. The second kappa shape index (κ2) is 2.52. The number of ketones is 2. The first-order valence-electron chi connectivity index (χ1n) is 4.85. The predicted octanol–water partition coefficient (Wildman–Crippen LogP) is -0.717. The summed E-state index contributed by atoms with van der Waals surface area (Å²) >= 11 is 0. The average molecular weight is 193 g/mol. The second-order valence-corrected chi connectivity index (χ2v) is 4.09. The van der Waals surface area contributed by atoms with Crippen molar-refractivity contribution >= 4 is 11.6 Å². The van der Waals surface area contributed by atoms with Crippen molar-refractivity contribution in [1.82, 2.24) is 0 Å². The van der Waals surface area contributed by atoms with E-state index in [0.29, 0.717) is 0 Å². The minimum Gasteiger partial charge on any atom is -0.365 e. The molecule has 3 rings (SSSR count). The molecule has 4 atom stereocenters. The SMILES string of the molecule is NCC1C(=O)C2C3C=CC(O3)C2C1=O. The molecule has 4 heteroatoms. The highest BCUT2D eigenvalue weighted by Gasteiger charge is 2.60. The molecule has 3 aliphatic rings. The topological polar surface area (TPSA) is 69.4 Å². The first-order valence-corrected chi connectivity index (χ1v) is 4.85. The van der Waals surface area contributed by atoms with Crippen LogP contribution in [0.15, 0.2) is 12.2 Å². The second-order valence-electron chi connectivity index (χ2n) is 4.09. The molecule has 0 radical (unpaired) electrons. The van der Waals surface area contributed by atoms with E-state index in [0.717, 1.165) is 0 Å². The number of fused-ring (bicyclic) bond motifs is 5. The summed E-state index contributed by atoms with van der Waals surface area (Å²) in [5.41, 5.74) is 5.43. The fourth-order valence-corrected chi connectivity index (χ4v) is 2.82. The molecule has 1 saturated heterocycles. The molecule has 0 aromatic carbocycles. The zero-order chi connectivity index (χ0) is 9.87. The molecule has 74 valence electrons. The van der Waals surface area contributed by atoms with E-state index >= 15 is 0 Å². The van der Waals surface area contributed by atoms with E-state index in [1.807, 2.05) is 12.2 Å². The fraction of sp³-hybridized carbons (Fsp3) is 0.600. The predicted molar refractivity (Wildman–Crippen MR) is 47.3 cm³/mol. The van der Waals surface area contributed by atoms with Crippen LogP contribution in [0.4, 0.5) is 0 Å². The zero-order valence-corrected chi connectivity index (χ0v) is 7.55. The van der Waals surface area contributed by atoms with E-state index in [9.17, 15) is 9.59 Å². The van der Waals surface area contributed by atoms with Crippen molar-refractivity contribution in [3.63, 3.8) is 0 Å². The Hall–Kier alpha value is -1.00. The number of hydrogen-bond donors (Lipinski definition) is 1.